The maximum Gasteiger partial charge on any atom is 0.251 e. The molecule has 1 aliphatic rings. The van der Waals surface area contributed by atoms with Gasteiger partial charge in [0.25, 0.3) is 5.91 Å². The van der Waals surface area contributed by atoms with E-state index in [9.17, 15) is 9.90 Å². The van der Waals surface area contributed by atoms with Crippen LogP contribution in [-0.4, -0.2) is 45.2 Å². The zero-order valence-corrected chi connectivity index (χ0v) is 19.9. The topological polar surface area (TPSA) is 95.5 Å². The molecule has 2 atom stereocenters. The molecule has 3 aromatic rings. The summed E-state index contributed by atoms with van der Waals surface area (Å²) in [6.45, 7) is 0.0686. The van der Waals surface area contributed by atoms with Crippen molar-refractivity contribution in [1.29, 1.82) is 0 Å². The van der Waals surface area contributed by atoms with Gasteiger partial charge in [0, 0.05) is 17.5 Å². The third-order valence-electron chi connectivity index (χ3n) is 5.89. The van der Waals surface area contributed by atoms with Crippen LogP contribution in [0, 0.1) is 0 Å². The standard InChI is InChI=1S/C27H29NO7/c1-31-21-11-9-17(10-12-21)22(28-27(30)18-7-5-4-6-8-18)15-20(29)13-19-14-23(32-2)25-26(24(19)33-3)35-16-34-25/h4-12,14,20,22,29H,13,15-16H2,1-3H3,(H,28,30)/t20-,22-/m0/s1. The van der Waals surface area contributed by atoms with Crippen molar-refractivity contribution in [2.45, 2.75) is 25.0 Å². The quantitative estimate of drug-likeness (QED) is 0.455. The first-order valence-electron chi connectivity index (χ1n) is 11.3. The molecule has 8 nitrogen and oxygen atoms in total. The second-order valence-electron chi connectivity index (χ2n) is 8.09. The van der Waals surface area contributed by atoms with Gasteiger partial charge in [0.15, 0.2) is 11.5 Å². The van der Waals surface area contributed by atoms with Gasteiger partial charge in [-0.05, 0) is 42.3 Å². The third kappa shape index (κ3) is 5.44. The van der Waals surface area contributed by atoms with E-state index in [0.29, 0.717) is 39.9 Å². The Labute approximate surface area is 204 Å². The molecule has 0 bridgehead atoms. The fraction of sp³-hybridized carbons (Fsp3) is 0.296. The Balaban J connectivity index is 1.57. The molecule has 0 aromatic heterocycles. The summed E-state index contributed by atoms with van der Waals surface area (Å²) < 4.78 is 27.4. The summed E-state index contributed by atoms with van der Waals surface area (Å²) in [5.74, 6) is 2.42. The van der Waals surface area contributed by atoms with E-state index in [-0.39, 0.29) is 25.5 Å². The molecule has 1 heterocycles. The van der Waals surface area contributed by atoms with Crippen LogP contribution >= 0.6 is 0 Å². The molecular formula is C27H29NO7. The van der Waals surface area contributed by atoms with Crippen molar-refractivity contribution in [3.05, 3.63) is 77.4 Å². The second-order valence-corrected chi connectivity index (χ2v) is 8.09. The zero-order valence-electron chi connectivity index (χ0n) is 19.9. The number of nitrogens with one attached hydrogen (secondary N) is 1. The van der Waals surface area contributed by atoms with Crippen LogP contribution in [0.25, 0.3) is 0 Å². The van der Waals surface area contributed by atoms with E-state index >= 15 is 0 Å². The number of aliphatic hydroxyl groups is 1. The molecule has 1 amide bonds. The Kier molecular flexibility index (Phi) is 7.62. The molecule has 2 N–H and O–H groups in total. The van der Waals surface area contributed by atoms with Gasteiger partial charge < -0.3 is 34.1 Å². The first-order chi connectivity index (χ1) is 17.0. The summed E-state index contributed by atoms with van der Waals surface area (Å²) in [5.41, 5.74) is 2.11. The van der Waals surface area contributed by atoms with E-state index in [4.69, 9.17) is 23.7 Å². The summed E-state index contributed by atoms with van der Waals surface area (Å²) in [6.07, 6.45) is -0.286. The number of carbonyl (C=O) groups is 1. The molecule has 0 aliphatic carbocycles. The van der Waals surface area contributed by atoms with Gasteiger partial charge in [-0.1, -0.05) is 30.3 Å². The van der Waals surface area contributed by atoms with E-state index in [2.05, 4.69) is 5.32 Å². The van der Waals surface area contributed by atoms with Crippen molar-refractivity contribution < 1.29 is 33.6 Å². The number of hydrogen-bond donors (Lipinski definition) is 2. The number of benzene rings is 3. The Morgan fingerprint density at radius 3 is 2.34 bits per heavy atom. The van der Waals surface area contributed by atoms with E-state index in [1.165, 1.54) is 0 Å². The highest BCUT2D eigenvalue weighted by atomic mass is 16.7. The first-order valence-corrected chi connectivity index (χ1v) is 11.3. The van der Waals surface area contributed by atoms with Crippen molar-refractivity contribution in [3.63, 3.8) is 0 Å². The lowest BCUT2D eigenvalue weighted by Crippen LogP contribution is -2.31. The average molecular weight is 480 g/mol. The highest BCUT2D eigenvalue weighted by Crippen LogP contribution is 2.49. The van der Waals surface area contributed by atoms with Crippen LogP contribution in [0.1, 0.15) is 33.9 Å². The van der Waals surface area contributed by atoms with Crippen molar-refractivity contribution in [1.82, 2.24) is 5.32 Å². The summed E-state index contributed by atoms with van der Waals surface area (Å²) in [7, 11) is 4.68. The maximum absolute atomic E-state index is 12.9. The minimum Gasteiger partial charge on any atom is -0.497 e. The summed E-state index contributed by atoms with van der Waals surface area (Å²) in [6, 6.07) is 17.7. The number of hydrogen-bond acceptors (Lipinski definition) is 7. The van der Waals surface area contributed by atoms with Gasteiger partial charge in [-0.3, -0.25) is 4.79 Å². The number of methoxy groups -OCH3 is 3. The van der Waals surface area contributed by atoms with Gasteiger partial charge in [-0.15, -0.1) is 0 Å². The van der Waals surface area contributed by atoms with Crippen LogP contribution in [0.3, 0.4) is 0 Å². The van der Waals surface area contributed by atoms with E-state index in [1.807, 2.05) is 42.5 Å². The Hall–Kier alpha value is -3.91. The molecule has 0 saturated heterocycles. The third-order valence-corrected chi connectivity index (χ3v) is 5.89. The van der Waals surface area contributed by atoms with Gasteiger partial charge in [-0.2, -0.15) is 0 Å². The Morgan fingerprint density at radius 1 is 0.971 bits per heavy atom. The molecule has 0 spiro atoms. The van der Waals surface area contributed by atoms with Crippen LogP contribution in [0.4, 0.5) is 0 Å². The average Bonchev–Trinajstić information content (AvgIpc) is 3.38. The minimum atomic E-state index is -0.808. The van der Waals surface area contributed by atoms with Gasteiger partial charge in [0.2, 0.25) is 18.3 Å². The minimum absolute atomic E-state index is 0.0686. The molecule has 0 radical (unpaired) electrons. The molecule has 3 aromatic carbocycles. The smallest absolute Gasteiger partial charge is 0.251 e. The largest absolute Gasteiger partial charge is 0.497 e. The molecule has 0 saturated carbocycles. The van der Waals surface area contributed by atoms with Crippen molar-refractivity contribution >= 4 is 5.91 Å². The van der Waals surface area contributed by atoms with Crippen LogP contribution in [0.5, 0.6) is 28.7 Å². The predicted molar refractivity (Wildman–Crippen MR) is 130 cm³/mol. The fourth-order valence-corrected chi connectivity index (χ4v) is 4.15. The van der Waals surface area contributed by atoms with Gasteiger partial charge in [0.05, 0.1) is 33.5 Å². The highest BCUT2D eigenvalue weighted by molar-refractivity contribution is 5.94. The number of rotatable bonds is 10. The number of aliphatic hydroxyl groups excluding tert-OH is 1. The number of carbonyl (C=O) groups excluding carboxylic acids is 1. The zero-order chi connectivity index (χ0) is 24.8. The lowest BCUT2D eigenvalue weighted by Gasteiger charge is -2.23. The van der Waals surface area contributed by atoms with Crippen LogP contribution in [-0.2, 0) is 6.42 Å². The molecule has 35 heavy (non-hydrogen) atoms. The molecule has 1 aliphatic heterocycles. The summed E-state index contributed by atoms with van der Waals surface area (Å²) >= 11 is 0. The van der Waals surface area contributed by atoms with Crippen LogP contribution in [0.15, 0.2) is 60.7 Å². The molecule has 184 valence electrons. The van der Waals surface area contributed by atoms with Crippen molar-refractivity contribution in [2.24, 2.45) is 0 Å². The summed E-state index contributed by atoms with van der Waals surface area (Å²) in [4.78, 5) is 12.9. The maximum atomic E-state index is 12.9. The van der Waals surface area contributed by atoms with E-state index < -0.39 is 12.1 Å². The van der Waals surface area contributed by atoms with Crippen LogP contribution in [0.2, 0.25) is 0 Å². The summed E-state index contributed by atoms with van der Waals surface area (Å²) in [5, 5.41) is 14.2. The monoisotopic (exact) mass is 479 g/mol. The Morgan fingerprint density at radius 2 is 1.69 bits per heavy atom. The number of ether oxygens (including phenoxy) is 5. The lowest BCUT2D eigenvalue weighted by molar-refractivity contribution is 0.0909. The van der Waals surface area contributed by atoms with E-state index in [1.54, 1.807) is 39.5 Å². The second kappa shape index (κ2) is 11.0. The first kappa shape index (κ1) is 24.2. The predicted octanol–water partition coefficient (Wildman–Crippen LogP) is 3.91. The molecule has 4 rings (SSSR count). The number of fused-ring (bicyclic) bond motifs is 1. The molecular weight excluding hydrogens is 450 g/mol. The lowest BCUT2D eigenvalue weighted by atomic mass is 9.95. The molecule has 0 fully saturated rings. The molecule has 0 unspecified atom stereocenters. The normalized spacial score (nSPS) is 13.6. The van der Waals surface area contributed by atoms with Gasteiger partial charge in [0.1, 0.15) is 5.75 Å². The highest BCUT2D eigenvalue weighted by Gasteiger charge is 2.28. The van der Waals surface area contributed by atoms with E-state index in [0.717, 1.165) is 5.56 Å². The molecule has 8 heteroatoms. The van der Waals surface area contributed by atoms with Gasteiger partial charge in [-0.25, -0.2) is 0 Å². The van der Waals surface area contributed by atoms with Crippen molar-refractivity contribution in [3.8, 4) is 28.7 Å². The Bertz CT molecular complexity index is 1150. The van der Waals surface area contributed by atoms with Crippen LogP contribution < -0.4 is 29.0 Å². The van der Waals surface area contributed by atoms with Gasteiger partial charge >= 0.3 is 0 Å². The SMILES string of the molecule is COc1ccc([C@H](C[C@@H](O)Cc2cc(OC)c3c(c2OC)OCO3)NC(=O)c2ccccc2)cc1. The van der Waals surface area contributed by atoms with Crippen molar-refractivity contribution in [2.75, 3.05) is 28.1 Å². The fourth-order valence-electron chi connectivity index (χ4n) is 4.15. The number of amides is 1.